The number of rotatable bonds is 2. The smallest absolute Gasteiger partial charge is 0.263 e. The molecule has 2 aliphatic rings. The van der Waals surface area contributed by atoms with Crippen molar-refractivity contribution in [3.8, 4) is 0 Å². The quantitative estimate of drug-likeness (QED) is 0.808. The summed E-state index contributed by atoms with van der Waals surface area (Å²) in [5, 5.41) is 0. The molecule has 0 spiro atoms. The second kappa shape index (κ2) is 6.58. The number of thiophene rings is 1. The molecule has 3 nitrogen and oxygen atoms in total. The van der Waals surface area contributed by atoms with Gasteiger partial charge in [-0.05, 0) is 66.8 Å². The molecule has 20 heavy (non-hydrogen) atoms. The van der Waals surface area contributed by atoms with E-state index in [0.29, 0.717) is 6.04 Å². The van der Waals surface area contributed by atoms with Crippen LogP contribution in [0.2, 0.25) is 0 Å². The highest BCUT2D eigenvalue weighted by Crippen LogP contribution is 2.26. The predicted octanol–water partition coefficient (Wildman–Crippen LogP) is 3.60. The summed E-state index contributed by atoms with van der Waals surface area (Å²) in [7, 11) is 0. The van der Waals surface area contributed by atoms with E-state index in [1.165, 1.54) is 43.7 Å². The largest absolute Gasteiger partial charge is 0.338 e. The van der Waals surface area contributed by atoms with Crippen LogP contribution in [0.1, 0.15) is 41.8 Å². The van der Waals surface area contributed by atoms with Gasteiger partial charge in [0.2, 0.25) is 0 Å². The molecule has 110 valence electrons. The van der Waals surface area contributed by atoms with Crippen molar-refractivity contribution in [1.82, 2.24) is 9.80 Å². The number of hydrogen-bond donors (Lipinski definition) is 0. The molecule has 3 rings (SSSR count). The Morgan fingerprint density at radius 3 is 2.40 bits per heavy atom. The molecule has 2 aliphatic heterocycles. The Balaban J connectivity index is 1.54. The van der Waals surface area contributed by atoms with E-state index in [-0.39, 0.29) is 5.91 Å². The number of nitrogens with zero attached hydrogens (tertiary/aromatic N) is 2. The second-order valence-electron chi connectivity index (χ2n) is 5.72. The Kier molecular flexibility index (Phi) is 4.79. The molecule has 0 aliphatic carbocycles. The summed E-state index contributed by atoms with van der Waals surface area (Å²) < 4.78 is 1.03. The van der Waals surface area contributed by atoms with Crippen molar-refractivity contribution in [2.45, 2.75) is 38.1 Å². The number of piperidine rings is 2. The first-order valence-electron chi connectivity index (χ1n) is 7.53. The fraction of sp³-hybridized carbons (Fsp3) is 0.667. The first-order valence-corrected chi connectivity index (χ1v) is 9.13. The third kappa shape index (κ3) is 3.26. The zero-order valence-corrected chi connectivity index (χ0v) is 14.1. The maximum atomic E-state index is 12.4. The number of hydrogen-bond acceptors (Lipinski definition) is 3. The highest BCUT2D eigenvalue weighted by molar-refractivity contribution is 9.11. The van der Waals surface area contributed by atoms with Crippen molar-refractivity contribution in [2.75, 3.05) is 26.2 Å². The summed E-state index contributed by atoms with van der Waals surface area (Å²) in [6.45, 7) is 4.35. The van der Waals surface area contributed by atoms with E-state index in [2.05, 4.69) is 20.8 Å². The van der Waals surface area contributed by atoms with Gasteiger partial charge in [0.15, 0.2) is 0 Å². The van der Waals surface area contributed by atoms with Crippen LogP contribution in [0.25, 0.3) is 0 Å². The van der Waals surface area contributed by atoms with E-state index in [0.717, 1.165) is 34.6 Å². The summed E-state index contributed by atoms with van der Waals surface area (Å²) in [6, 6.07) is 4.58. The van der Waals surface area contributed by atoms with Crippen LogP contribution in [0.4, 0.5) is 0 Å². The van der Waals surface area contributed by atoms with E-state index in [9.17, 15) is 4.79 Å². The van der Waals surface area contributed by atoms with Crippen LogP contribution < -0.4 is 0 Å². The topological polar surface area (TPSA) is 23.6 Å². The van der Waals surface area contributed by atoms with Gasteiger partial charge in [-0.25, -0.2) is 0 Å². The van der Waals surface area contributed by atoms with Gasteiger partial charge in [-0.15, -0.1) is 11.3 Å². The van der Waals surface area contributed by atoms with Crippen molar-refractivity contribution in [3.63, 3.8) is 0 Å². The molecule has 1 aromatic rings. The minimum atomic E-state index is 0.206. The average Bonchev–Trinajstić information content (AvgIpc) is 2.94. The maximum Gasteiger partial charge on any atom is 0.263 e. The SMILES string of the molecule is O=C(c1ccc(Br)s1)N1CCC(N2CCCCC2)CC1. The molecular weight excluding hydrogens is 336 g/mol. The van der Waals surface area contributed by atoms with Crippen molar-refractivity contribution >= 4 is 33.2 Å². The summed E-state index contributed by atoms with van der Waals surface area (Å²) in [5.74, 6) is 0.206. The van der Waals surface area contributed by atoms with Gasteiger partial charge in [0.05, 0.1) is 8.66 Å². The summed E-state index contributed by atoms with van der Waals surface area (Å²) >= 11 is 4.96. The number of likely N-dealkylation sites (tertiary alicyclic amines) is 2. The average molecular weight is 357 g/mol. The van der Waals surface area contributed by atoms with Gasteiger partial charge in [-0.2, -0.15) is 0 Å². The molecule has 0 saturated carbocycles. The Morgan fingerprint density at radius 2 is 1.80 bits per heavy atom. The Labute approximate surface area is 133 Å². The Bertz CT molecular complexity index is 462. The molecule has 0 atom stereocenters. The highest BCUT2D eigenvalue weighted by Gasteiger charge is 2.28. The maximum absolute atomic E-state index is 12.4. The molecule has 3 heterocycles. The van der Waals surface area contributed by atoms with Crippen molar-refractivity contribution in [2.24, 2.45) is 0 Å². The van der Waals surface area contributed by atoms with Gasteiger partial charge < -0.3 is 9.80 Å². The first-order chi connectivity index (χ1) is 9.74. The van der Waals surface area contributed by atoms with E-state index in [1.807, 2.05) is 17.0 Å². The lowest BCUT2D eigenvalue weighted by atomic mass is 10.00. The van der Waals surface area contributed by atoms with Gasteiger partial charge in [0.1, 0.15) is 0 Å². The van der Waals surface area contributed by atoms with Crippen molar-refractivity contribution in [3.05, 3.63) is 20.8 Å². The Morgan fingerprint density at radius 1 is 1.10 bits per heavy atom. The zero-order chi connectivity index (χ0) is 13.9. The highest BCUT2D eigenvalue weighted by atomic mass is 79.9. The lowest BCUT2D eigenvalue weighted by molar-refractivity contribution is 0.0594. The molecule has 0 radical (unpaired) electrons. The number of halogens is 1. The molecule has 1 amide bonds. The van der Waals surface area contributed by atoms with Gasteiger partial charge in [0.25, 0.3) is 5.91 Å². The molecular formula is C15H21BrN2OS. The standard InChI is InChI=1S/C15H21BrN2OS/c16-14-5-4-13(20-14)15(19)18-10-6-12(7-11-18)17-8-2-1-3-9-17/h4-5,12H,1-3,6-11H2. The number of amides is 1. The molecule has 0 N–H and O–H groups in total. The van der Waals surface area contributed by atoms with Crippen LogP contribution in [0, 0.1) is 0 Å². The van der Waals surface area contributed by atoms with Crippen molar-refractivity contribution in [1.29, 1.82) is 0 Å². The third-order valence-electron chi connectivity index (χ3n) is 4.44. The van der Waals surface area contributed by atoms with Crippen LogP contribution in [-0.4, -0.2) is 47.9 Å². The minimum absolute atomic E-state index is 0.206. The van der Waals surface area contributed by atoms with Crippen LogP contribution in [0.15, 0.2) is 15.9 Å². The molecule has 0 aromatic carbocycles. The lowest BCUT2D eigenvalue weighted by Gasteiger charge is -2.40. The minimum Gasteiger partial charge on any atom is -0.338 e. The normalized spacial score (nSPS) is 22.1. The predicted molar refractivity (Wildman–Crippen MR) is 86.4 cm³/mol. The molecule has 1 aromatic heterocycles. The monoisotopic (exact) mass is 356 g/mol. The first kappa shape index (κ1) is 14.5. The molecule has 5 heteroatoms. The van der Waals surface area contributed by atoms with Crippen LogP contribution in [0.5, 0.6) is 0 Å². The van der Waals surface area contributed by atoms with Crippen LogP contribution >= 0.6 is 27.3 Å². The second-order valence-corrected chi connectivity index (χ2v) is 8.19. The summed E-state index contributed by atoms with van der Waals surface area (Å²) in [4.78, 5) is 17.9. The van der Waals surface area contributed by atoms with E-state index in [4.69, 9.17) is 0 Å². The fourth-order valence-electron chi connectivity index (χ4n) is 3.30. The fourth-order valence-corrected chi connectivity index (χ4v) is 4.66. The Hall–Kier alpha value is -0.390. The van der Waals surface area contributed by atoms with Crippen molar-refractivity contribution < 1.29 is 4.79 Å². The van der Waals surface area contributed by atoms with Gasteiger partial charge in [-0.1, -0.05) is 6.42 Å². The lowest BCUT2D eigenvalue weighted by Crippen LogP contribution is -2.48. The summed E-state index contributed by atoms with van der Waals surface area (Å²) in [6.07, 6.45) is 6.36. The molecule has 0 unspecified atom stereocenters. The third-order valence-corrected chi connectivity index (χ3v) is 6.05. The van der Waals surface area contributed by atoms with Crippen LogP contribution in [-0.2, 0) is 0 Å². The van der Waals surface area contributed by atoms with E-state index < -0.39 is 0 Å². The molecule has 0 bridgehead atoms. The van der Waals surface area contributed by atoms with Gasteiger partial charge in [-0.3, -0.25) is 4.79 Å². The molecule has 2 fully saturated rings. The number of carbonyl (C=O) groups is 1. The zero-order valence-electron chi connectivity index (χ0n) is 11.7. The van der Waals surface area contributed by atoms with Gasteiger partial charge >= 0.3 is 0 Å². The molecule has 2 saturated heterocycles. The van der Waals surface area contributed by atoms with E-state index >= 15 is 0 Å². The number of carbonyl (C=O) groups excluding carboxylic acids is 1. The summed E-state index contributed by atoms with van der Waals surface area (Å²) in [5.41, 5.74) is 0. The van der Waals surface area contributed by atoms with Crippen LogP contribution in [0.3, 0.4) is 0 Å². The van der Waals surface area contributed by atoms with Gasteiger partial charge in [0, 0.05) is 19.1 Å². The van der Waals surface area contributed by atoms with E-state index in [1.54, 1.807) is 0 Å².